The summed E-state index contributed by atoms with van der Waals surface area (Å²) in [5.74, 6) is -0.894. The number of hydrogen-bond acceptors (Lipinski definition) is 8. The maximum Gasteiger partial charge on any atom is 0.472 e. The Balaban J connectivity index is 4.13. The highest BCUT2D eigenvalue weighted by Crippen LogP contribution is 2.43. The molecule has 0 radical (unpaired) electrons. The number of carbonyl (C=O) groups is 2. The molecule has 0 amide bonds. The summed E-state index contributed by atoms with van der Waals surface area (Å²) < 4.78 is 33.0. The van der Waals surface area contributed by atoms with Gasteiger partial charge >= 0.3 is 19.8 Å². The quantitative estimate of drug-likeness (QED) is 0.0264. The van der Waals surface area contributed by atoms with Gasteiger partial charge in [0.05, 0.1) is 13.2 Å². The largest absolute Gasteiger partial charge is 0.472 e. The summed E-state index contributed by atoms with van der Waals surface area (Å²) in [6.07, 6.45) is 92.7. The Kier molecular flexibility index (Phi) is 58.9. The molecule has 0 bridgehead atoms. The second-order valence-electron chi connectivity index (χ2n) is 19.5. The van der Waals surface area contributed by atoms with Gasteiger partial charge in [-0.2, -0.15) is 0 Å². The first-order valence-corrected chi connectivity index (χ1v) is 32.1. The zero-order chi connectivity index (χ0) is 57.3. The molecule has 0 aromatic carbocycles. The van der Waals surface area contributed by atoms with Crippen LogP contribution in [0.25, 0.3) is 0 Å². The molecule has 0 heterocycles. The number of phosphoric acid groups is 1. The molecule has 444 valence electrons. The van der Waals surface area contributed by atoms with Crippen LogP contribution in [0.1, 0.15) is 219 Å². The van der Waals surface area contributed by atoms with Gasteiger partial charge in [0, 0.05) is 19.4 Å². The first kappa shape index (κ1) is 74.4. The van der Waals surface area contributed by atoms with Gasteiger partial charge in [-0.3, -0.25) is 18.6 Å². The van der Waals surface area contributed by atoms with Crippen molar-refractivity contribution in [3.63, 3.8) is 0 Å². The second kappa shape index (κ2) is 62.6. The van der Waals surface area contributed by atoms with Gasteiger partial charge < -0.3 is 20.1 Å². The number of esters is 2. The van der Waals surface area contributed by atoms with E-state index in [2.05, 4.69) is 184 Å². The monoisotopic (exact) mass is 1110 g/mol. The number of hydrogen-bond donors (Lipinski definition) is 2. The van der Waals surface area contributed by atoms with Crippen molar-refractivity contribution >= 4 is 19.8 Å². The van der Waals surface area contributed by atoms with Crippen LogP contribution in [-0.4, -0.2) is 49.3 Å². The van der Waals surface area contributed by atoms with Gasteiger partial charge in [0.25, 0.3) is 0 Å². The Hall–Kier alpha value is -4.63. The number of unbranched alkanes of at least 4 members (excludes halogenated alkanes) is 14. The number of allylic oxidation sites excluding steroid dienone is 28. The van der Waals surface area contributed by atoms with E-state index in [4.69, 9.17) is 24.3 Å². The second-order valence-corrected chi connectivity index (χ2v) is 20.9. The van der Waals surface area contributed by atoms with Crippen LogP contribution >= 0.6 is 7.82 Å². The Labute approximate surface area is 482 Å². The smallest absolute Gasteiger partial charge is 0.462 e. The fourth-order valence-electron chi connectivity index (χ4n) is 7.59. The topological polar surface area (TPSA) is 134 Å². The Morgan fingerprint density at radius 1 is 0.392 bits per heavy atom. The lowest BCUT2D eigenvalue weighted by Gasteiger charge is -2.19. The summed E-state index contributed by atoms with van der Waals surface area (Å²) in [5.41, 5.74) is 5.38. The van der Waals surface area contributed by atoms with Gasteiger partial charge in [-0.15, -0.1) is 0 Å². The van der Waals surface area contributed by atoms with E-state index >= 15 is 0 Å². The van der Waals surface area contributed by atoms with Crippen molar-refractivity contribution < 1.29 is 37.6 Å². The predicted molar refractivity (Wildman–Crippen MR) is 339 cm³/mol. The molecule has 0 rings (SSSR count). The summed E-state index contributed by atoms with van der Waals surface area (Å²) in [4.78, 5) is 35.2. The molecule has 3 N–H and O–H groups in total. The SMILES string of the molecule is CC/C=C\C/C=C\C/C=C\C/C=C\C/C=C\C/C=C\C/C=C\C/C=C\C/C=C\C/C=C\C/C=C\CCCCCC(=O)OC(COC(=O)CCCCCCCC/C=C\C/C=C\C/C=C\CCCCCCC)COP(=O)(O)OCCN. The van der Waals surface area contributed by atoms with Crippen molar-refractivity contribution in [3.05, 3.63) is 170 Å². The average Bonchev–Trinajstić information content (AvgIpc) is 3.44. The molecule has 0 saturated heterocycles. The fraction of sp³-hybridized carbons (Fsp3) is 0.565. The summed E-state index contributed by atoms with van der Waals surface area (Å²) in [7, 11) is -4.42. The molecule has 0 aromatic heterocycles. The number of phosphoric ester groups is 1. The Morgan fingerprint density at radius 2 is 0.696 bits per heavy atom. The van der Waals surface area contributed by atoms with Crippen LogP contribution in [0.4, 0.5) is 0 Å². The number of nitrogens with two attached hydrogens (primary N) is 1. The number of carbonyl (C=O) groups excluding carboxylic acids is 2. The van der Waals surface area contributed by atoms with Gasteiger partial charge in [-0.1, -0.05) is 242 Å². The minimum atomic E-state index is -4.42. The van der Waals surface area contributed by atoms with Crippen LogP contribution in [0.15, 0.2) is 170 Å². The standard InChI is InChI=1S/C69H110NO8P/c1-3-5-7-9-11-13-15-17-19-21-23-25-26-27-28-29-30-31-32-33-34-35-36-37-38-39-40-42-44-46-48-50-52-54-56-58-60-62-69(72)78-67(66-77-79(73,74)76-64-63-70)65-75-68(71)61-59-57-55-53-51-49-47-45-43-41-24-22-20-18-16-14-12-10-8-6-4-2/h5,7,11,13,16-19,22-25,27-28,30-31,33-34,36-37,39-40,43-46,50,52,67H,3-4,6,8-10,12,14-15,20-21,26,29,32,35,38,41-42,47-49,51,53-66,70H2,1-2H3,(H,73,74)/b7-5-,13-11-,18-16-,19-17-,24-22-,25-23-,28-27-,31-30-,34-33-,37-36-,40-39-,45-43-,46-44-,52-50-. The van der Waals surface area contributed by atoms with Crippen molar-refractivity contribution in [2.24, 2.45) is 5.73 Å². The molecule has 0 aliphatic carbocycles. The van der Waals surface area contributed by atoms with Gasteiger partial charge in [-0.05, 0) is 135 Å². The first-order valence-electron chi connectivity index (χ1n) is 30.6. The fourth-order valence-corrected chi connectivity index (χ4v) is 8.35. The summed E-state index contributed by atoms with van der Waals surface area (Å²) in [5, 5.41) is 0. The molecule has 2 atom stereocenters. The molecule has 0 aliphatic rings. The Bertz CT molecular complexity index is 1890. The van der Waals surface area contributed by atoms with Crippen molar-refractivity contribution in [2.45, 2.75) is 225 Å². The predicted octanol–water partition coefficient (Wildman–Crippen LogP) is 19.8. The average molecular weight is 1110 g/mol. The van der Waals surface area contributed by atoms with Gasteiger partial charge in [0.15, 0.2) is 6.10 Å². The van der Waals surface area contributed by atoms with Crippen LogP contribution < -0.4 is 5.73 Å². The van der Waals surface area contributed by atoms with E-state index in [0.29, 0.717) is 12.8 Å². The van der Waals surface area contributed by atoms with Gasteiger partial charge in [-0.25, -0.2) is 4.57 Å². The first-order chi connectivity index (χ1) is 38.8. The van der Waals surface area contributed by atoms with Crippen LogP contribution in [0.2, 0.25) is 0 Å². The molecule has 0 spiro atoms. The zero-order valence-corrected chi connectivity index (χ0v) is 50.4. The van der Waals surface area contributed by atoms with E-state index in [0.717, 1.165) is 141 Å². The lowest BCUT2D eigenvalue weighted by Crippen LogP contribution is -2.29. The van der Waals surface area contributed by atoms with E-state index in [-0.39, 0.29) is 32.6 Å². The molecule has 2 unspecified atom stereocenters. The van der Waals surface area contributed by atoms with E-state index in [1.165, 1.54) is 38.5 Å². The summed E-state index contributed by atoms with van der Waals surface area (Å²) in [6, 6.07) is 0. The van der Waals surface area contributed by atoms with E-state index in [1.54, 1.807) is 0 Å². The zero-order valence-electron chi connectivity index (χ0n) is 49.5. The third-order valence-electron chi connectivity index (χ3n) is 12.1. The molecule has 9 nitrogen and oxygen atoms in total. The molecule has 0 saturated carbocycles. The minimum Gasteiger partial charge on any atom is -0.462 e. The highest BCUT2D eigenvalue weighted by atomic mass is 31.2. The Morgan fingerprint density at radius 3 is 1.05 bits per heavy atom. The molecular formula is C69H110NO8P. The van der Waals surface area contributed by atoms with E-state index in [1.807, 2.05) is 0 Å². The van der Waals surface area contributed by atoms with Crippen molar-refractivity contribution in [3.8, 4) is 0 Å². The third-order valence-corrected chi connectivity index (χ3v) is 13.1. The lowest BCUT2D eigenvalue weighted by atomic mass is 10.1. The normalized spacial score (nSPS) is 14.2. The van der Waals surface area contributed by atoms with Gasteiger partial charge in [0.2, 0.25) is 0 Å². The summed E-state index contributed by atoms with van der Waals surface area (Å²) in [6.45, 7) is 3.54. The van der Waals surface area contributed by atoms with Crippen molar-refractivity contribution in [1.82, 2.24) is 0 Å². The highest BCUT2D eigenvalue weighted by molar-refractivity contribution is 7.47. The highest BCUT2D eigenvalue weighted by Gasteiger charge is 2.26. The number of ether oxygens (including phenoxy) is 2. The lowest BCUT2D eigenvalue weighted by molar-refractivity contribution is -0.161. The molecule has 0 aromatic rings. The van der Waals surface area contributed by atoms with Crippen LogP contribution in [0.3, 0.4) is 0 Å². The van der Waals surface area contributed by atoms with Crippen molar-refractivity contribution in [2.75, 3.05) is 26.4 Å². The molecule has 10 heteroatoms. The maximum atomic E-state index is 12.7. The van der Waals surface area contributed by atoms with E-state index < -0.39 is 32.5 Å². The molecule has 79 heavy (non-hydrogen) atoms. The molecular weight excluding hydrogens is 1000 g/mol. The van der Waals surface area contributed by atoms with Crippen LogP contribution in [0.5, 0.6) is 0 Å². The minimum absolute atomic E-state index is 0.0360. The third kappa shape index (κ3) is 62.4. The van der Waals surface area contributed by atoms with Crippen LogP contribution in [-0.2, 0) is 32.7 Å². The molecule has 0 aliphatic heterocycles. The van der Waals surface area contributed by atoms with E-state index in [9.17, 15) is 19.0 Å². The molecule has 0 fully saturated rings. The summed E-state index contributed by atoms with van der Waals surface area (Å²) >= 11 is 0. The van der Waals surface area contributed by atoms with Crippen LogP contribution in [0, 0.1) is 0 Å². The number of rotatable bonds is 55. The maximum absolute atomic E-state index is 12.7. The van der Waals surface area contributed by atoms with Gasteiger partial charge in [0.1, 0.15) is 6.61 Å². The van der Waals surface area contributed by atoms with Crippen molar-refractivity contribution in [1.29, 1.82) is 0 Å².